The van der Waals surface area contributed by atoms with Crippen LogP contribution in [0, 0.1) is 0 Å². The summed E-state index contributed by atoms with van der Waals surface area (Å²) in [6.07, 6.45) is 0.970. The first-order valence-electron chi connectivity index (χ1n) is 6.18. The molecule has 0 aromatic rings. The van der Waals surface area contributed by atoms with Crippen molar-refractivity contribution in [1.29, 1.82) is 0 Å². The fourth-order valence-electron chi connectivity index (χ4n) is 1.85. The quantitative estimate of drug-likeness (QED) is 0.820. The molecule has 1 saturated heterocycles. The Morgan fingerprint density at radius 3 is 2.56 bits per heavy atom. The molecule has 104 valence electrons. The van der Waals surface area contributed by atoms with Crippen LogP contribution in [0.15, 0.2) is 0 Å². The zero-order valence-electron chi connectivity index (χ0n) is 11.2. The fourth-order valence-corrected chi connectivity index (χ4v) is 3.00. The van der Waals surface area contributed by atoms with Crippen molar-refractivity contribution in [2.24, 2.45) is 0 Å². The van der Waals surface area contributed by atoms with Crippen molar-refractivity contribution in [2.75, 3.05) is 18.1 Å². The summed E-state index contributed by atoms with van der Waals surface area (Å²) < 4.78 is 0. The number of nitrogens with zero attached hydrogens (tertiary/aromatic N) is 1. The lowest BCUT2D eigenvalue weighted by Crippen LogP contribution is -2.53. The Kier molecular flexibility index (Phi) is 5.31. The third-order valence-corrected chi connectivity index (χ3v) is 4.02. The number of urea groups is 1. The molecule has 1 rings (SSSR count). The number of amides is 2. The van der Waals surface area contributed by atoms with Crippen molar-refractivity contribution in [1.82, 2.24) is 10.2 Å². The molecule has 2 N–H and O–H groups in total. The van der Waals surface area contributed by atoms with Crippen LogP contribution in [0.25, 0.3) is 0 Å². The molecule has 5 nitrogen and oxygen atoms in total. The summed E-state index contributed by atoms with van der Waals surface area (Å²) in [7, 11) is 0. The number of thioether (sulfide) groups is 1. The Morgan fingerprint density at radius 2 is 2.11 bits per heavy atom. The first-order valence-corrected chi connectivity index (χ1v) is 7.34. The molecule has 0 aliphatic carbocycles. The topological polar surface area (TPSA) is 69.6 Å². The van der Waals surface area contributed by atoms with E-state index in [9.17, 15) is 9.59 Å². The van der Waals surface area contributed by atoms with E-state index in [0.29, 0.717) is 0 Å². The third-order valence-electron chi connectivity index (χ3n) is 2.86. The molecule has 6 heteroatoms. The lowest BCUT2D eigenvalue weighted by molar-refractivity contribution is -0.137. The van der Waals surface area contributed by atoms with Gasteiger partial charge in [0.2, 0.25) is 0 Å². The van der Waals surface area contributed by atoms with Gasteiger partial charge in [-0.1, -0.05) is 0 Å². The molecular formula is C12H22N2O3S. The van der Waals surface area contributed by atoms with Gasteiger partial charge < -0.3 is 15.3 Å². The molecule has 1 fully saturated rings. The average molecular weight is 274 g/mol. The highest BCUT2D eigenvalue weighted by atomic mass is 32.2. The zero-order valence-corrected chi connectivity index (χ0v) is 12.0. The van der Waals surface area contributed by atoms with E-state index in [1.165, 1.54) is 0 Å². The Hall–Kier alpha value is -0.910. The smallest absolute Gasteiger partial charge is 0.318 e. The maximum atomic E-state index is 12.2. The normalized spacial score (nSPS) is 19.6. The number of rotatable bonds is 4. The van der Waals surface area contributed by atoms with E-state index in [-0.39, 0.29) is 30.6 Å². The van der Waals surface area contributed by atoms with Crippen LogP contribution in [0.1, 0.15) is 33.6 Å². The van der Waals surface area contributed by atoms with Gasteiger partial charge in [-0.3, -0.25) is 4.79 Å². The predicted octanol–water partition coefficient (Wildman–Crippen LogP) is 1.78. The second-order valence-electron chi connectivity index (χ2n) is 5.48. The molecule has 1 aliphatic heterocycles. The molecule has 0 radical (unpaired) electrons. The number of carbonyl (C=O) groups excluding carboxylic acids is 1. The number of carboxylic acids is 1. The highest BCUT2D eigenvalue weighted by Gasteiger charge is 2.29. The van der Waals surface area contributed by atoms with Gasteiger partial charge in [0, 0.05) is 23.9 Å². The molecule has 0 spiro atoms. The fraction of sp³-hybridized carbons (Fsp3) is 0.833. The van der Waals surface area contributed by atoms with Crippen molar-refractivity contribution < 1.29 is 14.7 Å². The van der Waals surface area contributed by atoms with Crippen LogP contribution in [0.4, 0.5) is 4.79 Å². The minimum absolute atomic E-state index is 0.0237. The van der Waals surface area contributed by atoms with E-state index in [1.54, 1.807) is 4.90 Å². The van der Waals surface area contributed by atoms with E-state index >= 15 is 0 Å². The molecular weight excluding hydrogens is 252 g/mol. The summed E-state index contributed by atoms with van der Waals surface area (Å²) in [6.45, 7) is 5.98. The maximum absolute atomic E-state index is 12.2. The molecule has 0 aromatic heterocycles. The SMILES string of the molecule is CC(C)(C)N(CCC(=O)O)C(=O)NC1CCSC1. The van der Waals surface area contributed by atoms with E-state index in [4.69, 9.17) is 5.11 Å². The highest BCUT2D eigenvalue weighted by molar-refractivity contribution is 7.99. The second kappa shape index (κ2) is 6.31. The van der Waals surface area contributed by atoms with Crippen LogP contribution >= 0.6 is 11.8 Å². The number of aliphatic carboxylic acids is 1. The summed E-state index contributed by atoms with van der Waals surface area (Å²) in [4.78, 5) is 24.4. The van der Waals surface area contributed by atoms with E-state index in [2.05, 4.69) is 5.32 Å². The van der Waals surface area contributed by atoms with Crippen LogP contribution in [-0.4, -0.2) is 51.6 Å². The molecule has 18 heavy (non-hydrogen) atoms. The van der Waals surface area contributed by atoms with Crippen LogP contribution in [0.2, 0.25) is 0 Å². The first kappa shape index (κ1) is 15.1. The molecule has 2 amide bonds. The largest absolute Gasteiger partial charge is 0.481 e. The number of carbonyl (C=O) groups is 2. The molecule has 1 unspecified atom stereocenters. The molecule has 0 aromatic carbocycles. The third kappa shape index (κ3) is 4.76. The van der Waals surface area contributed by atoms with Crippen molar-refractivity contribution in [3.05, 3.63) is 0 Å². The van der Waals surface area contributed by atoms with Crippen LogP contribution < -0.4 is 5.32 Å². The molecule has 1 heterocycles. The minimum atomic E-state index is -0.881. The van der Waals surface area contributed by atoms with Crippen LogP contribution in [0.5, 0.6) is 0 Å². The van der Waals surface area contributed by atoms with Gasteiger partial charge in [-0.25, -0.2) is 4.79 Å². The summed E-state index contributed by atoms with van der Waals surface area (Å²) in [5.41, 5.74) is -0.370. The van der Waals surface area contributed by atoms with E-state index in [0.717, 1.165) is 17.9 Å². The zero-order chi connectivity index (χ0) is 13.8. The number of nitrogens with one attached hydrogen (secondary N) is 1. The van der Waals surface area contributed by atoms with Gasteiger partial charge in [-0.15, -0.1) is 0 Å². The van der Waals surface area contributed by atoms with Crippen molar-refractivity contribution >= 4 is 23.8 Å². The number of hydrogen-bond donors (Lipinski definition) is 2. The number of hydrogen-bond acceptors (Lipinski definition) is 3. The Labute approximate surface area is 112 Å². The van der Waals surface area contributed by atoms with Gasteiger partial charge in [0.1, 0.15) is 0 Å². The van der Waals surface area contributed by atoms with Gasteiger partial charge in [-0.05, 0) is 32.9 Å². The van der Waals surface area contributed by atoms with Gasteiger partial charge in [0.05, 0.1) is 6.42 Å². The lowest BCUT2D eigenvalue weighted by atomic mass is 10.1. The molecule has 0 saturated carbocycles. The monoisotopic (exact) mass is 274 g/mol. The summed E-state index contributed by atoms with van der Waals surface area (Å²) >= 11 is 1.83. The standard InChI is InChI=1S/C12H22N2O3S/c1-12(2,3)14(6-4-10(15)16)11(17)13-9-5-7-18-8-9/h9H,4-8H2,1-3H3,(H,13,17)(H,15,16). The second-order valence-corrected chi connectivity index (χ2v) is 6.63. The van der Waals surface area contributed by atoms with Crippen molar-refractivity contribution in [3.8, 4) is 0 Å². The highest BCUT2D eigenvalue weighted by Crippen LogP contribution is 2.19. The molecule has 0 bridgehead atoms. The van der Waals surface area contributed by atoms with Gasteiger partial charge in [0.15, 0.2) is 0 Å². The summed E-state index contributed by atoms with van der Waals surface area (Å²) in [5, 5.41) is 11.7. The summed E-state index contributed by atoms with van der Waals surface area (Å²) in [6, 6.07) is 0.0634. The van der Waals surface area contributed by atoms with E-state index in [1.807, 2.05) is 32.5 Å². The van der Waals surface area contributed by atoms with E-state index < -0.39 is 5.97 Å². The van der Waals surface area contributed by atoms with Gasteiger partial charge >= 0.3 is 12.0 Å². The molecule has 1 atom stereocenters. The molecule has 1 aliphatic rings. The summed E-state index contributed by atoms with van der Waals surface area (Å²) in [5.74, 6) is 1.14. The van der Waals surface area contributed by atoms with Crippen molar-refractivity contribution in [2.45, 2.75) is 45.2 Å². The lowest BCUT2D eigenvalue weighted by Gasteiger charge is -2.36. The van der Waals surface area contributed by atoms with Gasteiger partial charge in [-0.2, -0.15) is 11.8 Å². The Morgan fingerprint density at radius 1 is 1.44 bits per heavy atom. The first-order chi connectivity index (χ1) is 8.30. The average Bonchev–Trinajstić information content (AvgIpc) is 2.67. The van der Waals surface area contributed by atoms with Crippen LogP contribution in [0.3, 0.4) is 0 Å². The van der Waals surface area contributed by atoms with Crippen molar-refractivity contribution in [3.63, 3.8) is 0 Å². The Balaban J connectivity index is 2.57. The van der Waals surface area contributed by atoms with Gasteiger partial charge in [0.25, 0.3) is 0 Å². The Bertz CT molecular complexity index is 309. The maximum Gasteiger partial charge on any atom is 0.318 e. The number of carboxylic acid groups (broad SMARTS) is 1. The minimum Gasteiger partial charge on any atom is -0.481 e. The van der Waals surface area contributed by atoms with Crippen LogP contribution in [-0.2, 0) is 4.79 Å². The predicted molar refractivity (Wildman–Crippen MR) is 73.0 cm³/mol.